The van der Waals surface area contributed by atoms with Gasteiger partial charge in [-0.2, -0.15) is 4.98 Å². The summed E-state index contributed by atoms with van der Waals surface area (Å²) in [4.78, 5) is 10.4. The highest BCUT2D eigenvalue weighted by Gasteiger charge is 2.01. The Morgan fingerprint density at radius 3 is 2.81 bits per heavy atom. The fourth-order valence-electron chi connectivity index (χ4n) is 1.08. The Hall–Kier alpha value is -1.36. The molecule has 0 radical (unpaired) electrons. The molecule has 0 amide bonds. The van der Waals surface area contributed by atoms with E-state index in [4.69, 9.17) is 4.74 Å². The topological polar surface area (TPSA) is 50.3 Å². The van der Waals surface area contributed by atoms with Crippen LogP contribution in [0.25, 0.3) is 0 Å². The summed E-state index contributed by atoms with van der Waals surface area (Å²) < 4.78 is 5.51. The molecular weight excluding hydrogens is 204 g/mol. The summed E-state index contributed by atoms with van der Waals surface area (Å²) in [7, 11) is 4.02. The lowest BCUT2D eigenvalue weighted by atomic mass is 10.4. The number of aromatic nitrogens is 2. The second kappa shape index (κ2) is 6.27. The monoisotopic (exact) mass is 224 g/mol. The van der Waals surface area contributed by atoms with Gasteiger partial charge in [0, 0.05) is 24.8 Å². The van der Waals surface area contributed by atoms with Crippen molar-refractivity contribution in [2.75, 3.05) is 32.6 Å². The van der Waals surface area contributed by atoms with Gasteiger partial charge in [0.1, 0.15) is 6.61 Å². The first-order valence-corrected chi connectivity index (χ1v) is 5.45. The zero-order valence-electron chi connectivity index (χ0n) is 10.4. The number of nitrogens with zero attached hydrogens (tertiary/aromatic N) is 3. The molecule has 0 fully saturated rings. The van der Waals surface area contributed by atoms with E-state index in [2.05, 4.69) is 20.2 Å². The van der Waals surface area contributed by atoms with Gasteiger partial charge in [-0.25, -0.2) is 4.98 Å². The molecule has 16 heavy (non-hydrogen) atoms. The highest BCUT2D eigenvalue weighted by Crippen LogP contribution is 2.08. The average molecular weight is 224 g/mol. The molecule has 1 heterocycles. The van der Waals surface area contributed by atoms with Gasteiger partial charge in [0.2, 0.25) is 11.8 Å². The Morgan fingerprint density at radius 2 is 2.19 bits per heavy atom. The first-order valence-electron chi connectivity index (χ1n) is 5.45. The number of hydrogen-bond acceptors (Lipinski definition) is 5. The van der Waals surface area contributed by atoms with Gasteiger partial charge in [-0.15, -0.1) is 0 Å². The smallest absolute Gasteiger partial charge is 0.226 e. The van der Waals surface area contributed by atoms with Gasteiger partial charge in [0.25, 0.3) is 0 Å². The quantitative estimate of drug-likeness (QED) is 0.787. The first-order chi connectivity index (χ1) is 7.58. The highest BCUT2D eigenvalue weighted by atomic mass is 16.5. The van der Waals surface area contributed by atoms with Gasteiger partial charge in [-0.3, -0.25) is 0 Å². The Kier molecular flexibility index (Phi) is 4.98. The zero-order chi connectivity index (χ0) is 12.0. The maximum absolute atomic E-state index is 5.51. The van der Waals surface area contributed by atoms with Crippen LogP contribution in [0.4, 0.5) is 5.95 Å². The molecule has 0 aliphatic heterocycles. The molecule has 0 atom stereocenters. The molecule has 1 N–H and O–H groups in total. The van der Waals surface area contributed by atoms with Crippen LogP contribution in [0, 0.1) is 0 Å². The van der Waals surface area contributed by atoms with Crippen LogP contribution in [0.1, 0.15) is 13.8 Å². The van der Waals surface area contributed by atoms with Gasteiger partial charge in [-0.1, -0.05) is 0 Å². The fourth-order valence-corrected chi connectivity index (χ4v) is 1.08. The summed E-state index contributed by atoms with van der Waals surface area (Å²) >= 11 is 0. The third-order valence-electron chi connectivity index (χ3n) is 1.84. The van der Waals surface area contributed by atoms with E-state index in [1.807, 2.05) is 27.9 Å². The van der Waals surface area contributed by atoms with Crippen molar-refractivity contribution in [1.82, 2.24) is 14.9 Å². The molecular formula is C11H20N4O. The molecule has 1 aromatic heterocycles. The molecule has 0 aliphatic carbocycles. The van der Waals surface area contributed by atoms with Crippen molar-refractivity contribution in [2.45, 2.75) is 19.9 Å². The third kappa shape index (κ3) is 4.93. The minimum atomic E-state index is 0.317. The Labute approximate surface area is 96.8 Å². The van der Waals surface area contributed by atoms with E-state index in [0.717, 1.165) is 6.54 Å². The number of anilines is 1. The minimum Gasteiger partial charge on any atom is -0.476 e. The van der Waals surface area contributed by atoms with Crippen molar-refractivity contribution in [1.29, 1.82) is 0 Å². The van der Waals surface area contributed by atoms with Crippen molar-refractivity contribution in [3.8, 4) is 5.88 Å². The molecule has 0 spiro atoms. The van der Waals surface area contributed by atoms with E-state index in [-0.39, 0.29) is 0 Å². The van der Waals surface area contributed by atoms with Gasteiger partial charge in [0.05, 0.1) is 0 Å². The van der Waals surface area contributed by atoms with Crippen molar-refractivity contribution in [3.63, 3.8) is 0 Å². The summed E-state index contributed by atoms with van der Waals surface area (Å²) in [6.07, 6.45) is 1.70. The Morgan fingerprint density at radius 1 is 1.44 bits per heavy atom. The van der Waals surface area contributed by atoms with E-state index in [1.165, 1.54) is 0 Å². The lowest BCUT2D eigenvalue weighted by Gasteiger charge is -2.11. The van der Waals surface area contributed by atoms with Gasteiger partial charge in [-0.05, 0) is 27.9 Å². The highest BCUT2D eigenvalue weighted by molar-refractivity contribution is 5.28. The largest absolute Gasteiger partial charge is 0.476 e. The molecule has 0 unspecified atom stereocenters. The van der Waals surface area contributed by atoms with E-state index < -0.39 is 0 Å². The molecule has 90 valence electrons. The summed E-state index contributed by atoms with van der Waals surface area (Å²) in [5, 5.41) is 3.13. The summed E-state index contributed by atoms with van der Waals surface area (Å²) in [5.41, 5.74) is 0. The van der Waals surface area contributed by atoms with Crippen LogP contribution in [-0.4, -0.2) is 48.2 Å². The number of nitrogens with one attached hydrogen (secondary N) is 1. The van der Waals surface area contributed by atoms with E-state index in [1.54, 1.807) is 12.3 Å². The minimum absolute atomic E-state index is 0.317. The van der Waals surface area contributed by atoms with Crippen LogP contribution in [0.5, 0.6) is 5.88 Å². The molecule has 5 heteroatoms. The molecule has 1 aromatic rings. The molecule has 0 saturated carbocycles. The summed E-state index contributed by atoms with van der Waals surface area (Å²) in [6.45, 7) is 5.59. The van der Waals surface area contributed by atoms with Crippen molar-refractivity contribution < 1.29 is 4.74 Å². The summed E-state index contributed by atoms with van der Waals surface area (Å²) in [5.74, 6) is 1.22. The van der Waals surface area contributed by atoms with Gasteiger partial charge < -0.3 is 15.0 Å². The number of likely N-dealkylation sites (N-methyl/N-ethyl adjacent to an activating group) is 1. The maximum Gasteiger partial charge on any atom is 0.226 e. The third-order valence-corrected chi connectivity index (χ3v) is 1.84. The molecule has 5 nitrogen and oxygen atoms in total. The number of hydrogen-bond donors (Lipinski definition) is 1. The summed E-state index contributed by atoms with van der Waals surface area (Å²) in [6, 6.07) is 2.08. The van der Waals surface area contributed by atoms with Crippen LogP contribution < -0.4 is 10.1 Å². The van der Waals surface area contributed by atoms with Crippen molar-refractivity contribution >= 4 is 5.95 Å². The maximum atomic E-state index is 5.51. The van der Waals surface area contributed by atoms with Crippen molar-refractivity contribution in [2.24, 2.45) is 0 Å². The molecule has 1 rings (SSSR count). The van der Waals surface area contributed by atoms with Crippen LogP contribution in [0.15, 0.2) is 12.3 Å². The van der Waals surface area contributed by atoms with Crippen LogP contribution in [0.2, 0.25) is 0 Å². The number of ether oxygens (including phenoxy) is 1. The van der Waals surface area contributed by atoms with E-state index >= 15 is 0 Å². The lowest BCUT2D eigenvalue weighted by molar-refractivity contribution is 0.254. The molecule has 0 aromatic carbocycles. The predicted octanol–water partition coefficient (Wildman–Crippen LogP) is 1.24. The normalized spacial score (nSPS) is 10.9. The first kappa shape index (κ1) is 12.7. The van der Waals surface area contributed by atoms with Gasteiger partial charge in [0.15, 0.2) is 0 Å². The molecule has 0 bridgehead atoms. The standard InChI is InChI=1S/C11H20N4O/c1-9(2)13-11-12-6-5-10(14-11)16-8-7-15(3)4/h5-6,9H,7-8H2,1-4H3,(H,12,13,14). The zero-order valence-corrected chi connectivity index (χ0v) is 10.4. The van der Waals surface area contributed by atoms with Gasteiger partial charge >= 0.3 is 0 Å². The SMILES string of the molecule is CC(C)Nc1nccc(OCCN(C)C)n1. The second-order valence-corrected chi connectivity index (χ2v) is 4.17. The predicted molar refractivity (Wildman–Crippen MR) is 64.8 cm³/mol. The fraction of sp³-hybridized carbons (Fsp3) is 0.636. The van der Waals surface area contributed by atoms with E-state index in [0.29, 0.717) is 24.5 Å². The van der Waals surface area contributed by atoms with Crippen LogP contribution in [-0.2, 0) is 0 Å². The number of rotatable bonds is 6. The lowest BCUT2D eigenvalue weighted by Crippen LogP contribution is -2.20. The van der Waals surface area contributed by atoms with Crippen LogP contribution >= 0.6 is 0 Å². The molecule has 0 saturated heterocycles. The second-order valence-electron chi connectivity index (χ2n) is 4.17. The van der Waals surface area contributed by atoms with E-state index in [9.17, 15) is 0 Å². The Bertz CT molecular complexity index is 315. The van der Waals surface area contributed by atoms with Crippen molar-refractivity contribution in [3.05, 3.63) is 12.3 Å². The average Bonchev–Trinajstić information content (AvgIpc) is 2.16. The van der Waals surface area contributed by atoms with Crippen LogP contribution in [0.3, 0.4) is 0 Å². The molecule has 0 aliphatic rings. The Balaban J connectivity index is 2.47.